The van der Waals surface area contributed by atoms with Gasteiger partial charge in [0.1, 0.15) is 17.1 Å². The number of hydrogen-bond donors (Lipinski definition) is 1. The number of rotatable bonds is 8. The van der Waals surface area contributed by atoms with E-state index in [1.54, 1.807) is 24.3 Å². The average Bonchev–Trinajstić information content (AvgIpc) is 3.25. The molecule has 0 fully saturated rings. The molecule has 1 heterocycles. The maximum absolute atomic E-state index is 13.0. The van der Waals surface area contributed by atoms with Gasteiger partial charge in [0, 0.05) is 11.6 Å². The van der Waals surface area contributed by atoms with Crippen LogP contribution in [0.1, 0.15) is 15.9 Å². The van der Waals surface area contributed by atoms with Crippen molar-refractivity contribution in [3.05, 3.63) is 41.7 Å². The van der Waals surface area contributed by atoms with Gasteiger partial charge in [-0.2, -0.15) is 0 Å². The molecule has 3 rings (SSSR count). The highest BCUT2D eigenvalue weighted by Gasteiger charge is 2.26. The molecule has 2 aromatic carbocycles. The monoisotopic (exact) mass is 414 g/mol. The molecule has 8 nitrogen and oxygen atoms in total. The number of ether oxygens (including phenoxy) is 5. The topological polar surface area (TPSA) is 96.6 Å². The molecule has 0 bridgehead atoms. The number of ketones is 1. The number of hydrogen-bond acceptors (Lipinski definition) is 8. The van der Waals surface area contributed by atoms with Crippen LogP contribution in [0.15, 0.2) is 35.0 Å². The molecule has 0 saturated heterocycles. The van der Waals surface area contributed by atoms with Gasteiger partial charge in [0.05, 0.1) is 47.2 Å². The van der Waals surface area contributed by atoms with Gasteiger partial charge in [0.2, 0.25) is 5.75 Å². The third kappa shape index (κ3) is 3.47. The van der Waals surface area contributed by atoms with E-state index in [0.29, 0.717) is 28.2 Å². The van der Waals surface area contributed by atoms with Crippen molar-refractivity contribution in [3.8, 4) is 34.5 Å². The Morgan fingerprint density at radius 2 is 1.53 bits per heavy atom. The number of furan rings is 1. The molecule has 0 saturated carbocycles. The standard InChI is InChI=1S/C22H22O8/c1-25-15-11-17(27-3)16(26-2)10-12(15)6-7-14(23)18-19(24)22(29-5)21-13(8-9-30-21)20(18)28-4/h6-11,24H,1-5H3/b7-6+. The quantitative estimate of drug-likeness (QED) is 0.435. The lowest BCUT2D eigenvalue weighted by atomic mass is 10.0. The van der Waals surface area contributed by atoms with Crippen LogP contribution in [0.5, 0.6) is 34.5 Å². The second-order valence-corrected chi connectivity index (χ2v) is 6.10. The average molecular weight is 414 g/mol. The molecule has 0 aliphatic rings. The fourth-order valence-electron chi connectivity index (χ4n) is 3.19. The summed E-state index contributed by atoms with van der Waals surface area (Å²) < 4.78 is 31.9. The van der Waals surface area contributed by atoms with E-state index >= 15 is 0 Å². The maximum Gasteiger partial charge on any atom is 0.205 e. The van der Waals surface area contributed by atoms with E-state index in [0.717, 1.165) is 0 Å². The Morgan fingerprint density at radius 3 is 2.13 bits per heavy atom. The Morgan fingerprint density at radius 1 is 0.900 bits per heavy atom. The van der Waals surface area contributed by atoms with Gasteiger partial charge in [-0.1, -0.05) is 0 Å². The third-order valence-corrected chi connectivity index (χ3v) is 4.60. The molecule has 0 aliphatic carbocycles. The summed E-state index contributed by atoms with van der Waals surface area (Å²) in [6.07, 6.45) is 4.27. The molecular weight excluding hydrogens is 392 g/mol. The van der Waals surface area contributed by atoms with Crippen molar-refractivity contribution in [1.29, 1.82) is 0 Å². The lowest BCUT2D eigenvalue weighted by molar-refractivity contribution is 0.104. The largest absolute Gasteiger partial charge is 0.504 e. The Bertz CT molecular complexity index is 1110. The normalized spacial score (nSPS) is 11.0. The number of benzene rings is 2. The molecule has 30 heavy (non-hydrogen) atoms. The van der Waals surface area contributed by atoms with Gasteiger partial charge in [0.15, 0.2) is 28.6 Å². The highest BCUT2D eigenvalue weighted by atomic mass is 16.5. The number of phenolic OH excluding ortho intramolecular Hbond substituents is 1. The summed E-state index contributed by atoms with van der Waals surface area (Å²) in [7, 11) is 7.32. The number of fused-ring (bicyclic) bond motifs is 1. The summed E-state index contributed by atoms with van der Waals surface area (Å²) in [6, 6.07) is 4.97. The van der Waals surface area contributed by atoms with Crippen molar-refractivity contribution < 1.29 is 38.0 Å². The number of carbonyl (C=O) groups excluding carboxylic acids is 1. The van der Waals surface area contributed by atoms with E-state index in [-0.39, 0.29) is 28.4 Å². The van der Waals surface area contributed by atoms with E-state index in [1.165, 1.54) is 47.9 Å². The van der Waals surface area contributed by atoms with E-state index in [9.17, 15) is 9.90 Å². The van der Waals surface area contributed by atoms with E-state index in [1.807, 2.05) is 0 Å². The first-order valence-electron chi connectivity index (χ1n) is 8.87. The van der Waals surface area contributed by atoms with E-state index < -0.39 is 5.78 Å². The maximum atomic E-state index is 13.0. The van der Waals surface area contributed by atoms with Crippen molar-refractivity contribution >= 4 is 22.8 Å². The Labute approximate surface area is 173 Å². The molecule has 1 N–H and O–H groups in total. The van der Waals surface area contributed by atoms with Gasteiger partial charge in [-0.3, -0.25) is 4.79 Å². The molecule has 0 unspecified atom stereocenters. The molecular formula is C22H22O8. The van der Waals surface area contributed by atoms with Crippen LogP contribution in [0.25, 0.3) is 17.0 Å². The molecule has 1 aromatic heterocycles. The number of allylic oxidation sites excluding steroid dienone is 1. The SMILES string of the molecule is COc1cc(OC)c(OC)cc1/C=C/C(=O)c1c(O)c(OC)c2occc2c1OC. The Kier molecular flexibility index (Phi) is 6.06. The van der Waals surface area contributed by atoms with Gasteiger partial charge in [-0.15, -0.1) is 0 Å². The number of phenols is 1. The van der Waals surface area contributed by atoms with Gasteiger partial charge in [-0.05, 0) is 24.3 Å². The molecule has 0 spiro atoms. The van der Waals surface area contributed by atoms with Crippen molar-refractivity contribution in [3.63, 3.8) is 0 Å². The zero-order valence-electron chi connectivity index (χ0n) is 17.3. The summed E-state index contributed by atoms with van der Waals surface area (Å²) in [5, 5.41) is 11.2. The minimum Gasteiger partial charge on any atom is -0.504 e. The smallest absolute Gasteiger partial charge is 0.205 e. The predicted molar refractivity (Wildman–Crippen MR) is 110 cm³/mol. The number of carbonyl (C=O) groups is 1. The second-order valence-electron chi connectivity index (χ2n) is 6.10. The highest BCUT2D eigenvalue weighted by molar-refractivity contribution is 6.15. The molecule has 0 amide bonds. The zero-order valence-corrected chi connectivity index (χ0v) is 17.3. The van der Waals surface area contributed by atoms with Crippen LogP contribution in [-0.4, -0.2) is 46.4 Å². The minimum absolute atomic E-state index is 0.0426. The van der Waals surface area contributed by atoms with Gasteiger partial charge in [0.25, 0.3) is 0 Å². The van der Waals surface area contributed by atoms with E-state index in [2.05, 4.69) is 0 Å². The molecule has 0 atom stereocenters. The van der Waals surface area contributed by atoms with Crippen LogP contribution in [0.4, 0.5) is 0 Å². The Hall–Kier alpha value is -3.81. The lowest BCUT2D eigenvalue weighted by Gasteiger charge is -2.13. The highest BCUT2D eigenvalue weighted by Crippen LogP contribution is 2.46. The van der Waals surface area contributed by atoms with Crippen molar-refractivity contribution in [2.75, 3.05) is 35.5 Å². The van der Waals surface area contributed by atoms with Crippen molar-refractivity contribution in [2.24, 2.45) is 0 Å². The summed E-state index contributed by atoms with van der Waals surface area (Å²) in [5.41, 5.74) is 0.825. The van der Waals surface area contributed by atoms with Crippen LogP contribution in [0.3, 0.4) is 0 Å². The Balaban J connectivity index is 2.10. The number of aromatic hydroxyl groups is 1. The van der Waals surface area contributed by atoms with Gasteiger partial charge in [-0.25, -0.2) is 0 Å². The fourth-order valence-corrected chi connectivity index (χ4v) is 3.19. The summed E-state index contributed by atoms with van der Waals surface area (Å²) in [6.45, 7) is 0. The third-order valence-electron chi connectivity index (χ3n) is 4.60. The van der Waals surface area contributed by atoms with Crippen LogP contribution < -0.4 is 23.7 Å². The molecule has 8 heteroatoms. The predicted octanol–water partition coefficient (Wildman–Crippen LogP) is 4.08. The first-order valence-corrected chi connectivity index (χ1v) is 8.87. The second kappa shape index (κ2) is 8.69. The lowest BCUT2D eigenvalue weighted by Crippen LogP contribution is -2.02. The first kappa shape index (κ1) is 20.9. The van der Waals surface area contributed by atoms with Crippen molar-refractivity contribution in [2.45, 2.75) is 0 Å². The minimum atomic E-state index is -0.498. The fraction of sp³-hybridized carbons (Fsp3) is 0.227. The number of methoxy groups -OCH3 is 5. The summed E-state index contributed by atoms with van der Waals surface area (Å²) in [5.74, 6) is 0.825. The zero-order chi connectivity index (χ0) is 21.8. The van der Waals surface area contributed by atoms with E-state index in [4.69, 9.17) is 28.1 Å². The van der Waals surface area contributed by atoms with Gasteiger partial charge < -0.3 is 33.2 Å². The van der Waals surface area contributed by atoms with Crippen LogP contribution >= 0.6 is 0 Å². The first-order chi connectivity index (χ1) is 14.5. The van der Waals surface area contributed by atoms with Gasteiger partial charge >= 0.3 is 0 Å². The molecule has 3 aromatic rings. The van der Waals surface area contributed by atoms with Crippen LogP contribution in [-0.2, 0) is 0 Å². The molecule has 158 valence electrons. The summed E-state index contributed by atoms with van der Waals surface area (Å²) in [4.78, 5) is 13.0. The summed E-state index contributed by atoms with van der Waals surface area (Å²) >= 11 is 0. The van der Waals surface area contributed by atoms with Crippen LogP contribution in [0.2, 0.25) is 0 Å². The molecule has 0 aliphatic heterocycles. The van der Waals surface area contributed by atoms with Crippen molar-refractivity contribution in [1.82, 2.24) is 0 Å². The molecule has 0 radical (unpaired) electrons. The van der Waals surface area contributed by atoms with Crippen LogP contribution in [0, 0.1) is 0 Å².